The van der Waals surface area contributed by atoms with Crippen LogP contribution in [-0.2, 0) is 4.74 Å². The lowest BCUT2D eigenvalue weighted by Gasteiger charge is -2.25. The van der Waals surface area contributed by atoms with Gasteiger partial charge in [0.2, 0.25) is 0 Å². The molecule has 0 amide bonds. The summed E-state index contributed by atoms with van der Waals surface area (Å²) >= 11 is 0. The molecule has 1 aliphatic rings. The first-order valence-corrected chi connectivity index (χ1v) is 5.50. The second-order valence-electron chi connectivity index (χ2n) is 4.18. The summed E-state index contributed by atoms with van der Waals surface area (Å²) in [5.74, 6) is 0.778. The van der Waals surface area contributed by atoms with Gasteiger partial charge in [0.1, 0.15) is 0 Å². The second kappa shape index (κ2) is 6.39. The molecular weight excluding hydrogens is 164 g/mol. The van der Waals surface area contributed by atoms with Crippen molar-refractivity contribution in [3.63, 3.8) is 0 Å². The van der Waals surface area contributed by atoms with Crippen LogP contribution in [0.1, 0.15) is 44.9 Å². The fraction of sp³-hybridized carbons (Fsp3) is 1.00. The molecule has 78 valence electrons. The van der Waals surface area contributed by atoms with E-state index in [0.717, 1.165) is 25.4 Å². The first kappa shape index (κ1) is 11.0. The van der Waals surface area contributed by atoms with E-state index < -0.39 is 0 Å². The molecule has 0 aliphatic heterocycles. The van der Waals surface area contributed by atoms with Crippen molar-refractivity contribution in [2.45, 2.75) is 51.0 Å². The lowest BCUT2D eigenvalue weighted by molar-refractivity contribution is 0.0962. The van der Waals surface area contributed by atoms with Crippen molar-refractivity contribution in [3.05, 3.63) is 0 Å². The van der Waals surface area contributed by atoms with Crippen LogP contribution in [0.25, 0.3) is 0 Å². The summed E-state index contributed by atoms with van der Waals surface area (Å²) in [6.07, 6.45) is 8.29. The minimum Gasteiger partial charge on any atom is -0.393 e. The minimum atomic E-state index is -0.0128. The molecule has 0 saturated heterocycles. The molecule has 1 aliphatic carbocycles. The Bertz CT molecular complexity index is 125. The maximum Gasteiger partial charge on any atom is 0.0542 e. The molecule has 0 aromatic heterocycles. The number of hydrogen-bond acceptors (Lipinski definition) is 2. The monoisotopic (exact) mass is 186 g/mol. The van der Waals surface area contributed by atoms with Crippen molar-refractivity contribution in [1.82, 2.24) is 0 Å². The average molecular weight is 186 g/mol. The largest absolute Gasteiger partial charge is 0.393 e. The van der Waals surface area contributed by atoms with Gasteiger partial charge in [0.05, 0.1) is 6.10 Å². The van der Waals surface area contributed by atoms with Crippen molar-refractivity contribution < 1.29 is 9.84 Å². The van der Waals surface area contributed by atoms with Crippen LogP contribution in [0.5, 0.6) is 0 Å². The number of rotatable bonds is 5. The zero-order chi connectivity index (χ0) is 9.52. The summed E-state index contributed by atoms with van der Waals surface area (Å²) in [6, 6.07) is 0. The minimum absolute atomic E-state index is 0.0128. The van der Waals surface area contributed by atoms with Gasteiger partial charge in [-0.1, -0.05) is 25.7 Å². The molecule has 1 saturated carbocycles. The topological polar surface area (TPSA) is 29.5 Å². The van der Waals surface area contributed by atoms with E-state index in [4.69, 9.17) is 4.74 Å². The summed E-state index contributed by atoms with van der Waals surface area (Å²) in [5, 5.41) is 9.46. The second-order valence-corrected chi connectivity index (χ2v) is 4.18. The van der Waals surface area contributed by atoms with Crippen molar-refractivity contribution in [2.24, 2.45) is 5.92 Å². The quantitative estimate of drug-likeness (QED) is 0.668. The lowest BCUT2D eigenvalue weighted by Crippen LogP contribution is -2.19. The lowest BCUT2D eigenvalue weighted by atomic mass is 9.84. The zero-order valence-electron chi connectivity index (χ0n) is 8.67. The average Bonchev–Trinajstić information content (AvgIpc) is 2.13. The first-order valence-electron chi connectivity index (χ1n) is 5.50. The van der Waals surface area contributed by atoms with Crippen LogP contribution in [0.15, 0.2) is 0 Å². The van der Waals surface area contributed by atoms with E-state index in [9.17, 15) is 5.11 Å². The third-order valence-electron chi connectivity index (χ3n) is 2.97. The van der Waals surface area contributed by atoms with Crippen LogP contribution in [-0.4, -0.2) is 24.9 Å². The fourth-order valence-electron chi connectivity index (χ4n) is 2.20. The van der Waals surface area contributed by atoms with Gasteiger partial charge in [-0.15, -0.1) is 0 Å². The van der Waals surface area contributed by atoms with Crippen LogP contribution < -0.4 is 0 Å². The standard InChI is InChI=1S/C11H22O2/c1-13-8-3-2-5-10-6-4-7-11(12)9-10/h10-12H,2-9H2,1H3. The highest BCUT2D eigenvalue weighted by atomic mass is 16.5. The number of methoxy groups -OCH3 is 1. The Morgan fingerprint density at radius 1 is 1.31 bits per heavy atom. The summed E-state index contributed by atoms with van der Waals surface area (Å²) < 4.78 is 5.00. The zero-order valence-corrected chi connectivity index (χ0v) is 8.67. The van der Waals surface area contributed by atoms with E-state index in [2.05, 4.69) is 0 Å². The van der Waals surface area contributed by atoms with Crippen LogP contribution >= 0.6 is 0 Å². The van der Waals surface area contributed by atoms with Gasteiger partial charge in [-0.3, -0.25) is 0 Å². The van der Waals surface area contributed by atoms with Crippen molar-refractivity contribution >= 4 is 0 Å². The highest BCUT2D eigenvalue weighted by molar-refractivity contribution is 4.71. The molecule has 0 bridgehead atoms. The molecule has 1 rings (SSSR count). The van der Waals surface area contributed by atoms with Crippen LogP contribution in [0.4, 0.5) is 0 Å². The third-order valence-corrected chi connectivity index (χ3v) is 2.97. The van der Waals surface area contributed by atoms with Crippen LogP contribution in [0.3, 0.4) is 0 Å². The summed E-state index contributed by atoms with van der Waals surface area (Å²) in [5.41, 5.74) is 0. The Kier molecular flexibility index (Phi) is 5.40. The molecule has 0 aromatic rings. The SMILES string of the molecule is COCCCCC1CCCC(O)C1. The Balaban J connectivity index is 2.00. The van der Waals surface area contributed by atoms with E-state index in [0.29, 0.717) is 0 Å². The van der Waals surface area contributed by atoms with Crippen molar-refractivity contribution in [2.75, 3.05) is 13.7 Å². The molecule has 2 nitrogen and oxygen atoms in total. The van der Waals surface area contributed by atoms with Gasteiger partial charge >= 0.3 is 0 Å². The molecule has 0 heterocycles. The molecule has 0 spiro atoms. The summed E-state index contributed by atoms with van der Waals surface area (Å²) in [7, 11) is 1.75. The van der Waals surface area contributed by atoms with Gasteiger partial charge in [-0.05, 0) is 25.2 Å². The molecule has 0 aromatic carbocycles. The molecule has 2 unspecified atom stereocenters. The normalized spacial score (nSPS) is 29.1. The number of aliphatic hydroxyl groups is 1. The van der Waals surface area contributed by atoms with Gasteiger partial charge in [-0.25, -0.2) is 0 Å². The molecule has 0 radical (unpaired) electrons. The predicted molar refractivity (Wildman–Crippen MR) is 53.7 cm³/mol. The number of aliphatic hydroxyl groups excluding tert-OH is 1. The van der Waals surface area contributed by atoms with Gasteiger partial charge in [0, 0.05) is 13.7 Å². The van der Waals surface area contributed by atoms with Gasteiger partial charge in [0.15, 0.2) is 0 Å². The molecule has 2 heteroatoms. The van der Waals surface area contributed by atoms with Crippen LogP contribution in [0, 0.1) is 5.92 Å². The Hall–Kier alpha value is -0.0800. The molecule has 1 N–H and O–H groups in total. The van der Waals surface area contributed by atoms with E-state index in [1.54, 1.807) is 7.11 Å². The number of unbranched alkanes of at least 4 members (excludes halogenated alkanes) is 1. The highest BCUT2D eigenvalue weighted by Gasteiger charge is 2.19. The number of hydrogen-bond donors (Lipinski definition) is 1. The van der Waals surface area contributed by atoms with Gasteiger partial charge < -0.3 is 9.84 Å². The fourth-order valence-corrected chi connectivity index (χ4v) is 2.20. The van der Waals surface area contributed by atoms with Gasteiger partial charge in [-0.2, -0.15) is 0 Å². The Morgan fingerprint density at radius 3 is 2.85 bits per heavy atom. The maximum absolute atomic E-state index is 9.46. The Labute approximate surface area is 81.3 Å². The van der Waals surface area contributed by atoms with E-state index in [-0.39, 0.29) is 6.10 Å². The van der Waals surface area contributed by atoms with Crippen molar-refractivity contribution in [1.29, 1.82) is 0 Å². The third kappa shape index (κ3) is 4.63. The summed E-state index contributed by atoms with van der Waals surface area (Å²) in [6.45, 7) is 0.884. The molecule has 13 heavy (non-hydrogen) atoms. The van der Waals surface area contributed by atoms with E-state index >= 15 is 0 Å². The van der Waals surface area contributed by atoms with E-state index in [1.807, 2.05) is 0 Å². The van der Waals surface area contributed by atoms with Crippen LogP contribution in [0.2, 0.25) is 0 Å². The van der Waals surface area contributed by atoms with Gasteiger partial charge in [0.25, 0.3) is 0 Å². The first-order chi connectivity index (χ1) is 6.33. The Morgan fingerprint density at radius 2 is 2.15 bits per heavy atom. The summed E-state index contributed by atoms with van der Waals surface area (Å²) in [4.78, 5) is 0. The van der Waals surface area contributed by atoms with E-state index in [1.165, 1.54) is 32.1 Å². The van der Waals surface area contributed by atoms with Crippen molar-refractivity contribution in [3.8, 4) is 0 Å². The smallest absolute Gasteiger partial charge is 0.0542 e. The predicted octanol–water partition coefficient (Wildman–Crippen LogP) is 2.35. The maximum atomic E-state index is 9.46. The molecule has 2 atom stereocenters. The molecule has 1 fully saturated rings. The molecular formula is C11H22O2. The number of ether oxygens (including phenoxy) is 1. The highest BCUT2D eigenvalue weighted by Crippen LogP contribution is 2.27.